The summed E-state index contributed by atoms with van der Waals surface area (Å²) in [6, 6.07) is 2.84. The molecule has 1 fully saturated rings. The summed E-state index contributed by atoms with van der Waals surface area (Å²) < 4.78 is 1.21. The van der Waals surface area contributed by atoms with Crippen molar-refractivity contribution in [1.29, 1.82) is 0 Å². The normalized spacial score (nSPS) is 30.3. The zero-order valence-corrected chi connectivity index (χ0v) is 15.0. The summed E-state index contributed by atoms with van der Waals surface area (Å²) in [5.41, 5.74) is 0. The molecule has 1 aliphatic heterocycles. The first kappa shape index (κ1) is 15.2. The Hall–Kier alpha value is 0.840. The molecule has 2 rings (SSSR count). The van der Waals surface area contributed by atoms with Gasteiger partial charge in [-0.3, -0.25) is 0 Å². The first-order valence-electron chi connectivity index (χ1n) is 6.27. The molecule has 4 unspecified atom stereocenters. The van der Waals surface area contributed by atoms with E-state index in [2.05, 4.69) is 77.1 Å². The van der Waals surface area contributed by atoms with Crippen LogP contribution < -0.4 is 5.32 Å². The van der Waals surface area contributed by atoms with Gasteiger partial charge in [-0.2, -0.15) is 23.5 Å². The highest BCUT2D eigenvalue weighted by Crippen LogP contribution is 2.38. The molecule has 0 radical (unpaired) electrons. The molecule has 0 saturated carbocycles. The maximum Gasteiger partial charge on any atom is 0.0298 e. The van der Waals surface area contributed by atoms with Gasteiger partial charge in [-0.05, 0) is 35.5 Å². The Bertz CT molecular complexity index is 382. The molecular weight excluding hydrogens is 346 g/mol. The van der Waals surface area contributed by atoms with Crippen molar-refractivity contribution < 1.29 is 0 Å². The molecule has 0 amide bonds. The molecule has 1 saturated heterocycles. The van der Waals surface area contributed by atoms with E-state index in [1.807, 2.05) is 11.3 Å². The Morgan fingerprint density at radius 3 is 2.78 bits per heavy atom. The lowest BCUT2D eigenvalue weighted by molar-refractivity contribution is 0.557. The van der Waals surface area contributed by atoms with Crippen LogP contribution in [0.5, 0.6) is 0 Å². The fourth-order valence-electron chi connectivity index (χ4n) is 2.12. The smallest absolute Gasteiger partial charge is 0.0298 e. The molecule has 1 aromatic rings. The average Bonchev–Trinajstić information content (AvgIpc) is 2.75. The van der Waals surface area contributed by atoms with Gasteiger partial charge in [0.1, 0.15) is 0 Å². The number of hydrogen-bond acceptors (Lipinski definition) is 4. The quantitative estimate of drug-likeness (QED) is 0.855. The van der Waals surface area contributed by atoms with Crippen LogP contribution in [0.2, 0.25) is 0 Å². The topological polar surface area (TPSA) is 12.0 Å². The third-order valence-electron chi connectivity index (χ3n) is 3.44. The monoisotopic (exact) mass is 365 g/mol. The van der Waals surface area contributed by atoms with Gasteiger partial charge < -0.3 is 5.32 Å². The lowest BCUT2D eigenvalue weighted by Gasteiger charge is -2.35. The highest BCUT2D eigenvalue weighted by molar-refractivity contribution is 9.10. The van der Waals surface area contributed by atoms with Crippen LogP contribution in [0.15, 0.2) is 15.9 Å². The number of thioether (sulfide) groups is 2. The van der Waals surface area contributed by atoms with Crippen molar-refractivity contribution in [1.82, 2.24) is 5.32 Å². The second-order valence-corrected chi connectivity index (χ2v) is 9.69. The van der Waals surface area contributed by atoms with Gasteiger partial charge in [0.2, 0.25) is 0 Å². The number of halogens is 1. The van der Waals surface area contributed by atoms with Crippen molar-refractivity contribution >= 4 is 50.8 Å². The van der Waals surface area contributed by atoms with Crippen LogP contribution in [-0.4, -0.2) is 34.6 Å². The van der Waals surface area contributed by atoms with E-state index in [9.17, 15) is 0 Å². The second kappa shape index (κ2) is 7.02. The minimum Gasteiger partial charge on any atom is -0.316 e. The molecule has 0 bridgehead atoms. The summed E-state index contributed by atoms with van der Waals surface area (Å²) in [5, 5.41) is 7.98. The maximum absolute atomic E-state index is 3.54. The van der Waals surface area contributed by atoms with Crippen LogP contribution in [-0.2, 0) is 6.42 Å². The number of rotatable bonds is 4. The van der Waals surface area contributed by atoms with Crippen LogP contribution in [0.3, 0.4) is 0 Å². The van der Waals surface area contributed by atoms with Crippen LogP contribution >= 0.6 is 50.8 Å². The molecule has 1 aromatic heterocycles. The third kappa shape index (κ3) is 3.92. The van der Waals surface area contributed by atoms with E-state index in [1.165, 1.54) is 15.1 Å². The first-order chi connectivity index (χ1) is 8.60. The Balaban J connectivity index is 1.96. The van der Waals surface area contributed by atoms with Gasteiger partial charge in [-0.15, -0.1) is 11.3 Å². The van der Waals surface area contributed by atoms with Crippen molar-refractivity contribution in [3.05, 3.63) is 20.8 Å². The number of hydrogen-bond donors (Lipinski definition) is 1. The van der Waals surface area contributed by atoms with Crippen LogP contribution in [0, 0.1) is 0 Å². The lowest BCUT2D eigenvalue weighted by atomic mass is 10.1. The van der Waals surface area contributed by atoms with E-state index in [0.717, 1.165) is 22.2 Å². The van der Waals surface area contributed by atoms with Crippen molar-refractivity contribution in [2.24, 2.45) is 0 Å². The second-order valence-electron chi connectivity index (χ2n) is 4.75. The van der Waals surface area contributed by atoms with Gasteiger partial charge in [0.15, 0.2) is 0 Å². The Morgan fingerprint density at radius 2 is 2.22 bits per heavy atom. The lowest BCUT2D eigenvalue weighted by Crippen LogP contribution is -2.43. The van der Waals surface area contributed by atoms with Gasteiger partial charge in [0, 0.05) is 42.3 Å². The SMILES string of the molecule is CNC(Cc1cc(Br)cs1)C1CSC(C)C(C)S1. The molecular formula is C13H20BrNS3. The number of likely N-dealkylation sites (N-methyl/N-ethyl adjacent to an activating group) is 1. The van der Waals surface area contributed by atoms with Crippen LogP contribution in [0.1, 0.15) is 18.7 Å². The molecule has 2 heterocycles. The van der Waals surface area contributed by atoms with Gasteiger partial charge in [-0.1, -0.05) is 13.8 Å². The summed E-state index contributed by atoms with van der Waals surface area (Å²) in [6.07, 6.45) is 1.14. The largest absolute Gasteiger partial charge is 0.316 e. The predicted molar refractivity (Wildman–Crippen MR) is 91.3 cm³/mol. The third-order valence-corrected chi connectivity index (χ3v) is 8.71. The fraction of sp³-hybridized carbons (Fsp3) is 0.692. The van der Waals surface area contributed by atoms with Gasteiger partial charge in [0.25, 0.3) is 0 Å². The molecule has 0 aromatic carbocycles. The van der Waals surface area contributed by atoms with Crippen molar-refractivity contribution in [3.8, 4) is 0 Å². The van der Waals surface area contributed by atoms with Crippen molar-refractivity contribution in [3.63, 3.8) is 0 Å². The molecule has 5 heteroatoms. The summed E-state index contributed by atoms with van der Waals surface area (Å²) in [4.78, 5) is 1.47. The van der Waals surface area contributed by atoms with E-state index in [4.69, 9.17) is 0 Å². The minimum atomic E-state index is 0.586. The Labute approximate surface area is 131 Å². The molecule has 0 aliphatic carbocycles. The van der Waals surface area contributed by atoms with E-state index in [-0.39, 0.29) is 0 Å². The highest BCUT2D eigenvalue weighted by Gasteiger charge is 2.30. The summed E-state index contributed by atoms with van der Waals surface area (Å²) >= 11 is 9.68. The molecule has 18 heavy (non-hydrogen) atoms. The fourth-order valence-corrected chi connectivity index (χ4v) is 6.80. The molecule has 1 N–H and O–H groups in total. The predicted octanol–water partition coefficient (Wildman–Crippen LogP) is 4.27. The number of nitrogens with one attached hydrogen (secondary N) is 1. The van der Waals surface area contributed by atoms with E-state index in [0.29, 0.717) is 6.04 Å². The first-order valence-corrected chi connectivity index (χ1v) is 9.93. The molecule has 4 atom stereocenters. The minimum absolute atomic E-state index is 0.586. The van der Waals surface area contributed by atoms with Gasteiger partial charge in [0.05, 0.1) is 0 Å². The Kier molecular flexibility index (Phi) is 5.94. The van der Waals surface area contributed by atoms with Gasteiger partial charge >= 0.3 is 0 Å². The Morgan fingerprint density at radius 1 is 1.44 bits per heavy atom. The molecule has 0 spiro atoms. The molecule has 102 valence electrons. The van der Waals surface area contributed by atoms with E-state index in [1.54, 1.807) is 0 Å². The highest BCUT2D eigenvalue weighted by atomic mass is 79.9. The summed E-state index contributed by atoms with van der Waals surface area (Å²) in [6.45, 7) is 4.71. The standard InChI is InChI=1S/C13H20BrNS3/c1-8-9(2)18-13(7-16-8)12(15-3)5-11-4-10(14)6-17-11/h4,6,8-9,12-13,15H,5,7H2,1-3H3. The molecule has 1 nitrogen and oxygen atoms in total. The van der Waals surface area contributed by atoms with Crippen LogP contribution in [0.4, 0.5) is 0 Å². The molecule has 1 aliphatic rings. The zero-order chi connectivity index (χ0) is 13.1. The maximum atomic E-state index is 3.54. The van der Waals surface area contributed by atoms with Crippen LogP contribution in [0.25, 0.3) is 0 Å². The summed E-state index contributed by atoms with van der Waals surface area (Å²) in [5.74, 6) is 1.27. The number of thiophene rings is 1. The summed E-state index contributed by atoms with van der Waals surface area (Å²) in [7, 11) is 2.10. The zero-order valence-electron chi connectivity index (χ0n) is 11.0. The average molecular weight is 366 g/mol. The van der Waals surface area contributed by atoms with E-state index < -0.39 is 0 Å². The van der Waals surface area contributed by atoms with Gasteiger partial charge in [-0.25, -0.2) is 0 Å². The van der Waals surface area contributed by atoms with Crippen molar-refractivity contribution in [2.45, 2.75) is 42.1 Å². The van der Waals surface area contributed by atoms with E-state index >= 15 is 0 Å². The van der Waals surface area contributed by atoms with Crippen molar-refractivity contribution in [2.75, 3.05) is 12.8 Å².